The molecule has 0 bridgehead atoms. The first-order valence-corrected chi connectivity index (χ1v) is 2.92. The van der Waals surface area contributed by atoms with E-state index in [0.29, 0.717) is 0 Å². The fourth-order valence-electron chi connectivity index (χ4n) is 0. The summed E-state index contributed by atoms with van der Waals surface area (Å²) in [6.07, 6.45) is 0. The van der Waals surface area contributed by atoms with Crippen LogP contribution in [0, 0.1) is 14.0 Å². The van der Waals surface area contributed by atoms with Crippen LogP contribution in [0.1, 0.15) is 0 Å². The van der Waals surface area contributed by atoms with Crippen molar-refractivity contribution < 1.29 is 0 Å². The molecule has 0 aliphatic rings. The summed E-state index contributed by atoms with van der Waals surface area (Å²) in [7, 11) is 11.2. The third-order valence-electron chi connectivity index (χ3n) is 0.447. The van der Waals surface area contributed by atoms with E-state index in [9.17, 15) is 0 Å². The van der Waals surface area contributed by atoms with E-state index in [1.165, 1.54) is 0 Å². The molecule has 0 aromatic heterocycles. The van der Waals surface area contributed by atoms with Crippen molar-refractivity contribution in [3.05, 3.63) is 14.0 Å². The van der Waals surface area contributed by atoms with Gasteiger partial charge >= 0.3 is 0 Å². The van der Waals surface area contributed by atoms with Crippen LogP contribution in [-0.4, -0.2) is 44.5 Å². The standard InChI is InChI=1S/C4H10N.C3H8N/c1-4-5(2)3;1-4(2)3/h1,4H2,2-3H3;1H2,2-3H3. The molecule has 0 aliphatic carbocycles. The van der Waals surface area contributed by atoms with Crippen LogP contribution in [0.5, 0.6) is 0 Å². The quantitative estimate of drug-likeness (QED) is 0.516. The van der Waals surface area contributed by atoms with Gasteiger partial charge in [0.25, 0.3) is 0 Å². The van der Waals surface area contributed by atoms with Crippen molar-refractivity contribution in [2.45, 2.75) is 0 Å². The van der Waals surface area contributed by atoms with Crippen LogP contribution in [0.4, 0.5) is 0 Å². The van der Waals surface area contributed by atoms with Crippen molar-refractivity contribution in [1.29, 1.82) is 0 Å². The van der Waals surface area contributed by atoms with Gasteiger partial charge in [-0.1, -0.05) is 0 Å². The van der Waals surface area contributed by atoms with Crippen LogP contribution in [-0.2, 0) is 0 Å². The molecule has 2 radical (unpaired) electrons. The van der Waals surface area contributed by atoms with Gasteiger partial charge in [-0.25, -0.2) is 0 Å². The Bertz CT molecular complexity index is 39.4. The minimum absolute atomic E-state index is 0.889. The maximum absolute atomic E-state index is 3.61. The second-order valence-electron chi connectivity index (χ2n) is 2.38. The molecule has 56 valence electrons. The Hall–Kier alpha value is -0.0800. The first kappa shape index (κ1) is 11.7. The fourth-order valence-corrected chi connectivity index (χ4v) is 0. The van der Waals surface area contributed by atoms with Gasteiger partial charge in [-0.3, -0.25) is 0 Å². The Morgan fingerprint density at radius 1 is 1.11 bits per heavy atom. The number of hydrogen-bond acceptors (Lipinski definition) is 2. The molecule has 0 saturated carbocycles. The molecule has 0 aliphatic heterocycles. The molecule has 2 nitrogen and oxygen atoms in total. The molecular weight excluding hydrogens is 112 g/mol. The van der Waals surface area contributed by atoms with Gasteiger partial charge in [-0.2, -0.15) is 0 Å². The molecule has 0 fully saturated rings. The van der Waals surface area contributed by atoms with Crippen molar-refractivity contribution in [1.82, 2.24) is 9.80 Å². The molecule has 0 rings (SSSR count). The maximum atomic E-state index is 3.61. The number of rotatable bonds is 1. The summed E-state index contributed by atoms with van der Waals surface area (Å²) in [5.41, 5.74) is 0. The first-order chi connectivity index (χ1) is 4.00. The molecule has 0 heterocycles. The molecule has 0 unspecified atom stereocenters. The Kier molecular flexibility index (Phi) is 10.3. The summed E-state index contributed by atoms with van der Waals surface area (Å²) in [4.78, 5) is 3.76. The van der Waals surface area contributed by atoms with Gasteiger partial charge in [0.1, 0.15) is 0 Å². The molecule has 0 amide bonds. The van der Waals surface area contributed by atoms with Gasteiger partial charge < -0.3 is 9.80 Å². The molecule has 0 atom stereocenters. The maximum Gasteiger partial charge on any atom is 0.0103 e. The van der Waals surface area contributed by atoms with Crippen molar-refractivity contribution in [2.75, 3.05) is 34.7 Å². The summed E-state index contributed by atoms with van der Waals surface area (Å²) >= 11 is 0. The van der Waals surface area contributed by atoms with Crippen LogP contribution in [0.2, 0.25) is 0 Å². The predicted octanol–water partition coefficient (Wildman–Crippen LogP) is 0.722. The first-order valence-electron chi connectivity index (χ1n) is 2.92. The third-order valence-corrected chi connectivity index (χ3v) is 0.447. The van der Waals surface area contributed by atoms with Gasteiger partial charge in [0.15, 0.2) is 0 Å². The molecule has 0 N–H and O–H groups in total. The van der Waals surface area contributed by atoms with E-state index in [4.69, 9.17) is 0 Å². The highest BCUT2D eigenvalue weighted by Gasteiger charge is 1.72. The second kappa shape index (κ2) is 7.92. The van der Waals surface area contributed by atoms with Crippen LogP contribution >= 0.6 is 0 Å². The predicted molar refractivity (Wildman–Crippen MR) is 43.0 cm³/mol. The Labute approximate surface area is 59.5 Å². The van der Waals surface area contributed by atoms with E-state index in [1.54, 1.807) is 4.90 Å². The van der Waals surface area contributed by atoms with E-state index in [0.717, 1.165) is 6.54 Å². The largest absolute Gasteiger partial charge is 0.309 e. The Morgan fingerprint density at radius 2 is 1.22 bits per heavy atom. The van der Waals surface area contributed by atoms with Crippen molar-refractivity contribution >= 4 is 0 Å². The van der Waals surface area contributed by atoms with E-state index in [-0.39, 0.29) is 0 Å². The lowest BCUT2D eigenvalue weighted by molar-refractivity contribution is 0.455. The average Bonchev–Trinajstić information content (AvgIpc) is 1.65. The lowest BCUT2D eigenvalue weighted by atomic mass is 10.7. The SMILES string of the molecule is [CH2]CN(C)C.[CH2]N(C)C. The summed E-state index contributed by atoms with van der Waals surface area (Å²) < 4.78 is 0. The van der Waals surface area contributed by atoms with Gasteiger partial charge in [-0.15, -0.1) is 0 Å². The van der Waals surface area contributed by atoms with Crippen molar-refractivity contribution in [3.8, 4) is 0 Å². The van der Waals surface area contributed by atoms with Gasteiger partial charge in [0.2, 0.25) is 0 Å². The monoisotopic (exact) mass is 130 g/mol. The van der Waals surface area contributed by atoms with E-state index >= 15 is 0 Å². The Morgan fingerprint density at radius 3 is 1.22 bits per heavy atom. The van der Waals surface area contributed by atoms with Crippen molar-refractivity contribution in [3.63, 3.8) is 0 Å². The molecule has 0 spiro atoms. The topological polar surface area (TPSA) is 6.48 Å². The smallest absolute Gasteiger partial charge is 0.0103 e. The molecule has 0 aromatic carbocycles. The highest BCUT2D eigenvalue weighted by atomic mass is 15.0. The average molecular weight is 130 g/mol. The number of nitrogens with zero attached hydrogens (tertiary/aromatic N) is 2. The van der Waals surface area contributed by atoms with E-state index in [2.05, 4.69) is 14.0 Å². The number of hydrogen-bond donors (Lipinski definition) is 0. The van der Waals surface area contributed by atoms with Crippen LogP contribution < -0.4 is 0 Å². The molecule has 0 aromatic rings. The minimum atomic E-state index is 0.889. The summed E-state index contributed by atoms with van der Waals surface area (Å²) in [6.45, 7) is 4.50. The zero-order valence-corrected chi connectivity index (χ0v) is 7.02. The van der Waals surface area contributed by atoms with Crippen LogP contribution in [0.25, 0.3) is 0 Å². The molecular formula is C7H18N2. The van der Waals surface area contributed by atoms with Gasteiger partial charge in [-0.05, 0) is 41.7 Å². The molecule has 2 heteroatoms. The second-order valence-corrected chi connectivity index (χ2v) is 2.38. The zero-order valence-electron chi connectivity index (χ0n) is 7.02. The van der Waals surface area contributed by atoms with Crippen LogP contribution in [0.15, 0.2) is 0 Å². The highest BCUT2D eigenvalue weighted by molar-refractivity contribution is 4.39. The lowest BCUT2D eigenvalue weighted by Crippen LogP contribution is -2.08. The van der Waals surface area contributed by atoms with E-state index in [1.807, 2.05) is 33.1 Å². The van der Waals surface area contributed by atoms with Crippen molar-refractivity contribution in [2.24, 2.45) is 0 Å². The zero-order chi connectivity index (χ0) is 7.86. The highest BCUT2D eigenvalue weighted by Crippen LogP contribution is 1.63. The Balaban J connectivity index is 0. The third kappa shape index (κ3) is 75.3. The molecule has 0 saturated heterocycles. The summed E-state index contributed by atoms with van der Waals surface area (Å²) in [5.74, 6) is 0. The van der Waals surface area contributed by atoms with E-state index < -0.39 is 0 Å². The minimum Gasteiger partial charge on any atom is -0.309 e. The van der Waals surface area contributed by atoms with Crippen LogP contribution in [0.3, 0.4) is 0 Å². The lowest BCUT2D eigenvalue weighted by Gasteiger charge is -1.99. The summed E-state index contributed by atoms with van der Waals surface area (Å²) in [6, 6.07) is 0. The summed E-state index contributed by atoms with van der Waals surface area (Å²) in [5, 5.41) is 0. The fraction of sp³-hybridized carbons (Fsp3) is 0.714. The molecule has 9 heavy (non-hydrogen) atoms. The van der Waals surface area contributed by atoms with Gasteiger partial charge in [0.05, 0.1) is 0 Å². The van der Waals surface area contributed by atoms with Gasteiger partial charge in [0, 0.05) is 7.05 Å². The normalized spacial score (nSPS) is 9.33.